The predicted molar refractivity (Wildman–Crippen MR) is 113 cm³/mol. The average molecular weight is 419 g/mol. The van der Waals surface area contributed by atoms with E-state index in [0.717, 1.165) is 35.7 Å². The minimum atomic E-state index is -0.686. The maximum atomic E-state index is 14.3. The van der Waals surface area contributed by atoms with E-state index in [1.807, 2.05) is 37.3 Å². The van der Waals surface area contributed by atoms with Crippen molar-refractivity contribution in [1.82, 2.24) is 14.7 Å². The van der Waals surface area contributed by atoms with E-state index in [1.54, 1.807) is 11.0 Å². The van der Waals surface area contributed by atoms with Crippen molar-refractivity contribution in [3.8, 4) is 5.75 Å². The molecule has 5 rings (SSSR count). The van der Waals surface area contributed by atoms with Crippen LogP contribution in [0.3, 0.4) is 0 Å². The van der Waals surface area contributed by atoms with Crippen LogP contribution in [0.5, 0.6) is 5.75 Å². The van der Waals surface area contributed by atoms with Crippen LogP contribution in [0.25, 0.3) is 0 Å². The predicted octanol–water partition coefficient (Wildman–Crippen LogP) is 3.39. The fourth-order valence-corrected chi connectivity index (χ4v) is 5.14. The highest BCUT2D eigenvalue weighted by atomic mass is 19.1. The van der Waals surface area contributed by atoms with E-state index in [1.165, 1.54) is 16.8 Å². The summed E-state index contributed by atoms with van der Waals surface area (Å²) >= 11 is 0. The summed E-state index contributed by atoms with van der Waals surface area (Å²) in [4.78, 5) is 27.0. The minimum absolute atomic E-state index is 0.0920. The number of carbonyl (C=O) groups is 1. The zero-order valence-electron chi connectivity index (χ0n) is 17.0. The number of fused-ring (bicyclic) bond motifs is 2. The monoisotopic (exact) mass is 419 g/mol. The average Bonchev–Trinajstić information content (AvgIpc) is 3.24. The molecular formula is C24H22FN3O3. The van der Waals surface area contributed by atoms with Gasteiger partial charge in [0.05, 0.1) is 18.3 Å². The van der Waals surface area contributed by atoms with Gasteiger partial charge in [0.25, 0.3) is 5.91 Å². The largest absolute Gasteiger partial charge is 0.502 e. The van der Waals surface area contributed by atoms with E-state index in [-0.39, 0.29) is 29.4 Å². The Labute approximate surface area is 178 Å². The van der Waals surface area contributed by atoms with Crippen molar-refractivity contribution in [2.45, 2.75) is 37.8 Å². The molecule has 1 fully saturated rings. The van der Waals surface area contributed by atoms with Crippen LogP contribution in [0, 0.1) is 12.7 Å². The van der Waals surface area contributed by atoms with Crippen LogP contribution in [-0.4, -0.2) is 38.3 Å². The van der Waals surface area contributed by atoms with E-state index in [4.69, 9.17) is 0 Å². The van der Waals surface area contributed by atoms with Crippen molar-refractivity contribution in [2.75, 3.05) is 6.54 Å². The number of halogens is 1. The summed E-state index contributed by atoms with van der Waals surface area (Å²) in [5.41, 5.74) is 2.00. The minimum Gasteiger partial charge on any atom is -0.502 e. The lowest BCUT2D eigenvalue weighted by Gasteiger charge is -2.42. The summed E-state index contributed by atoms with van der Waals surface area (Å²) in [5, 5.41) is 14.8. The second-order valence-electron chi connectivity index (χ2n) is 8.24. The molecule has 7 heteroatoms. The van der Waals surface area contributed by atoms with E-state index in [2.05, 4.69) is 5.10 Å². The standard InChI is InChI=1S/C24H22FN3O3/c1-14-6-2-3-9-17(14)20(15-7-4-8-16(25)12-15)21-18-10-5-11-27(18)24(31)22-23(30)19(29)13-26-28(21)22/h2-4,6-9,12-13,18,20-21,30H,5,10-11H2,1H3/t18-,20+,21-/m1/s1. The molecule has 2 aliphatic heterocycles. The first-order valence-corrected chi connectivity index (χ1v) is 10.4. The first-order valence-electron chi connectivity index (χ1n) is 10.4. The molecule has 1 aromatic heterocycles. The molecule has 0 aliphatic carbocycles. The molecule has 1 N–H and O–H groups in total. The zero-order valence-corrected chi connectivity index (χ0v) is 17.0. The second kappa shape index (κ2) is 7.34. The Morgan fingerprint density at radius 3 is 2.74 bits per heavy atom. The van der Waals surface area contributed by atoms with Crippen LogP contribution < -0.4 is 5.43 Å². The first kappa shape index (κ1) is 19.5. The molecule has 2 aliphatic rings. The molecule has 1 amide bonds. The number of aryl methyl sites for hydroxylation is 1. The molecule has 1 saturated heterocycles. The first-order chi connectivity index (χ1) is 15.0. The van der Waals surface area contributed by atoms with Crippen LogP contribution in [-0.2, 0) is 0 Å². The maximum Gasteiger partial charge on any atom is 0.276 e. The lowest BCUT2D eigenvalue weighted by atomic mass is 9.78. The number of hydrogen-bond donors (Lipinski definition) is 1. The number of carbonyl (C=O) groups excluding carboxylic acids is 1. The topological polar surface area (TPSA) is 75.4 Å². The molecule has 3 heterocycles. The van der Waals surface area contributed by atoms with Gasteiger partial charge in [-0.25, -0.2) is 4.39 Å². The maximum absolute atomic E-state index is 14.3. The van der Waals surface area contributed by atoms with Gasteiger partial charge in [0.15, 0.2) is 11.4 Å². The van der Waals surface area contributed by atoms with Crippen molar-refractivity contribution < 1.29 is 14.3 Å². The molecule has 0 unspecified atom stereocenters. The summed E-state index contributed by atoms with van der Waals surface area (Å²) in [6.07, 6.45) is 2.63. The Bertz CT molecular complexity index is 1240. The fourth-order valence-electron chi connectivity index (χ4n) is 5.14. The van der Waals surface area contributed by atoms with Gasteiger partial charge in [-0.2, -0.15) is 5.10 Å². The highest BCUT2D eigenvalue weighted by Crippen LogP contribution is 2.46. The van der Waals surface area contributed by atoms with Gasteiger partial charge in [-0.1, -0.05) is 36.4 Å². The Morgan fingerprint density at radius 1 is 1.16 bits per heavy atom. The molecule has 0 bridgehead atoms. The molecule has 158 valence electrons. The van der Waals surface area contributed by atoms with Crippen LogP contribution in [0.1, 0.15) is 52.0 Å². The quantitative estimate of drug-likeness (QED) is 0.706. The number of benzene rings is 2. The number of aromatic hydroxyl groups is 1. The van der Waals surface area contributed by atoms with Crippen molar-refractivity contribution in [2.24, 2.45) is 0 Å². The Balaban J connectivity index is 1.81. The molecule has 3 atom stereocenters. The second-order valence-corrected chi connectivity index (χ2v) is 8.24. The summed E-state index contributed by atoms with van der Waals surface area (Å²) in [5.74, 6) is -1.65. The van der Waals surface area contributed by atoms with Crippen molar-refractivity contribution in [3.05, 3.63) is 93.2 Å². The molecular weight excluding hydrogens is 397 g/mol. The number of hydrogen-bond acceptors (Lipinski definition) is 4. The van der Waals surface area contributed by atoms with Crippen molar-refractivity contribution in [3.63, 3.8) is 0 Å². The molecule has 0 radical (unpaired) electrons. The summed E-state index contributed by atoms with van der Waals surface area (Å²) < 4.78 is 15.8. The van der Waals surface area contributed by atoms with Crippen molar-refractivity contribution >= 4 is 5.91 Å². The van der Waals surface area contributed by atoms with E-state index in [9.17, 15) is 19.1 Å². The van der Waals surface area contributed by atoms with Gasteiger partial charge in [-0.05, 0) is 48.6 Å². The third-order valence-corrected chi connectivity index (χ3v) is 6.50. The van der Waals surface area contributed by atoms with Gasteiger partial charge >= 0.3 is 0 Å². The summed E-state index contributed by atoms with van der Waals surface area (Å²) in [7, 11) is 0. The van der Waals surface area contributed by atoms with Gasteiger partial charge in [-0.15, -0.1) is 0 Å². The summed E-state index contributed by atoms with van der Waals surface area (Å²) in [6, 6.07) is 13.8. The molecule has 2 aromatic carbocycles. The zero-order chi connectivity index (χ0) is 21.7. The lowest BCUT2D eigenvalue weighted by Crippen LogP contribution is -2.51. The van der Waals surface area contributed by atoms with Gasteiger partial charge < -0.3 is 10.0 Å². The number of rotatable bonds is 3. The SMILES string of the molecule is Cc1ccccc1[C@H](c1cccc(F)c1)[C@H]1[C@H]2CCCN2C(=O)c2c(O)c(=O)cnn21. The van der Waals surface area contributed by atoms with Gasteiger partial charge in [-0.3, -0.25) is 14.3 Å². The fraction of sp³-hybridized carbons (Fsp3) is 0.292. The van der Waals surface area contributed by atoms with Gasteiger partial charge in [0.1, 0.15) is 5.82 Å². The normalized spacial score (nSPS) is 21.0. The third kappa shape index (κ3) is 3.03. The number of nitrogens with zero attached hydrogens (tertiary/aromatic N) is 3. The summed E-state index contributed by atoms with van der Waals surface area (Å²) in [6.45, 7) is 2.55. The smallest absolute Gasteiger partial charge is 0.276 e. The van der Waals surface area contributed by atoms with Crippen LogP contribution in [0.2, 0.25) is 0 Å². The van der Waals surface area contributed by atoms with Gasteiger partial charge in [0, 0.05) is 12.5 Å². The number of aromatic nitrogens is 2. The van der Waals surface area contributed by atoms with Crippen LogP contribution in [0.4, 0.5) is 4.39 Å². The van der Waals surface area contributed by atoms with Crippen LogP contribution >= 0.6 is 0 Å². The van der Waals surface area contributed by atoms with E-state index >= 15 is 0 Å². The molecule has 0 saturated carbocycles. The molecule has 0 spiro atoms. The molecule has 31 heavy (non-hydrogen) atoms. The lowest BCUT2D eigenvalue weighted by molar-refractivity contribution is 0.0565. The third-order valence-electron chi connectivity index (χ3n) is 6.50. The van der Waals surface area contributed by atoms with Gasteiger partial charge in [0.2, 0.25) is 5.43 Å². The highest BCUT2D eigenvalue weighted by Gasteiger charge is 2.48. The highest BCUT2D eigenvalue weighted by molar-refractivity contribution is 5.96. The molecule has 6 nitrogen and oxygen atoms in total. The van der Waals surface area contributed by atoms with Crippen LogP contribution in [0.15, 0.2) is 59.5 Å². The number of amides is 1. The van der Waals surface area contributed by atoms with E-state index in [0.29, 0.717) is 6.54 Å². The van der Waals surface area contributed by atoms with Crippen molar-refractivity contribution in [1.29, 1.82) is 0 Å². The Morgan fingerprint density at radius 2 is 1.97 bits per heavy atom. The molecule has 3 aromatic rings. The Kier molecular flexibility index (Phi) is 4.61. The van der Waals surface area contributed by atoms with E-state index < -0.39 is 17.2 Å². The Hall–Kier alpha value is -3.48.